The first-order valence-electron chi connectivity index (χ1n) is 8.43. The van der Waals surface area contributed by atoms with Crippen molar-refractivity contribution in [2.75, 3.05) is 32.8 Å². The smallest absolute Gasteiger partial charge is 0.248 e. The summed E-state index contributed by atoms with van der Waals surface area (Å²) in [5, 5.41) is 0. The Morgan fingerprint density at radius 3 is 2.88 bits per heavy atom. The van der Waals surface area contributed by atoms with Gasteiger partial charge < -0.3 is 14.5 Å². The minimum atomic E-state index is -0.463. The summed E-state index contributed by atoms with van der Waals surface area (Å²) in [7, 11) is 0. The highest BCUT2D eigenvalue weighted by atomic mass is 19.1. The van der Waals surface area contributed by atoms with E-state index < -0.39 is 5.41 Å². The van der Waals surface area contributed by atoms with Crippen LogP contribution in [0.1, 0.15) is 25.3 Å². The van der Waals surface area contributed by atoms with Crippen molar-refractivity contribution in [1.29, 1.82) is 0 Å². The predicted octanol–water partition coefficient (Wildman–Crippen LogP) is 1.81. The van der Waals surface area contributed by atoms with Gasteiger partial charge in [-0.15, -0.1) is 0 Å². The molecule has 2 aliphatic heterocycles. The minimum Gasteiger partial charge on any atom is -0.372 e. The van der Waals surface area contributed by atoms with Crippen molar-refractivity contribution in [3.8, 4) is 0 Å². The highest BCUT2D eigenvalue weighted by Crippen LogP contribution is 2.41. The molecule has 2 amide bonds. The molecule has 0 aliphatic carbocycles. The van der Waals surface area contributed by atoms with E-state index in [0.717, 1.165) is 12.0 Å². The van der Waals surface area contributed by atoms with Crippen LogP contribution in [0.2, 0.25) is 0 Å². The van der Waals surface area contributed by atoms with Crippen LogP contribution in [0.25, 0.3) is 0 Å². The fourth-order valence-electron chi connectivity index (χ4n) is 3.64. The van der Waals surface area contributed by atoms with E-state index in [9.17, 15) is 14.0 Å². The minimum absolute atomic E-state index is 0.0508. The SMILES string of the molecule is CCOCC(=O)N1CC[C@]2(CCN(Cc3cccc(F)c3)C2=O)C1. The fourth-order valence-corrected chi connectivity index (χ4v) is 3.64. The van der Waals surface area contributed by atoms with E-state index in [1.165, 1.54) is 12.1 Å². The molecule has 5 nitrogen and oxygen atoms in total. The molecule has 1 aromatic carbocycles. The molecular weight excluding hydrogens is 311 g/mol. The summed E-state index contributed by atoms with van der Waals surface area (Å²) in [6, 6.07) is 6.35. The molecule has 3 rings (SSSR count). The average molecular weight is 334 g/mol. The quantitative estimate of drug-likeness (QED) is 0.825. The second kappa shape index (κ2) is 6.89. The lowest BCUT2D eigenvalue weighted by molar-refractivity contribution is -0.138. The summed E-state index contributed by atoms with van der Waals surface area (Å²) < 4.78 is 18.5. The molecular formula is C18H23FN2O3. The van der Waals surface area contributed by atoms with E-state index in [1.807, 2.05) is 13.0 Å². The molecule has 0 unspecified atom stereocenters. The first-order valence-corrected chi connectivity index (χ1v) is 8.43. The normalized spacial score (nSPS) is 23.5. The van der Waals surface area contributed by atoms with E-state index in [-0.39, 0.29) is 24.2 Å². The van der Waals surface area contributed by atoms with Gasteiger partial charge in [-0.3, -0.25) is 9.59 Å². The van der Waals surface area contributed by atoms with Gasteiger partial charge in [0.15, 0.2) is 0 Å². The summed E-state index contributed by atoms with van der Waals surface area (Å²) in [5.41, 5.74) is 0.331. The van der Waals surface area contributed by atoms with Crippen LogP contribution in [-0.4, -0.2) is 54.5 Å². The summed E-state index contributed by atoms with van der Waals surface area (Å²) >= 11 is 0. The molecule has 1 atom stereocenters. The predicted molar refractivity (Wildman–Crippen MR) is 86.6 cm³/mol. The lowest BCUT2D eigenvalue weighted by Gasteiger charge is -2.23. The lowest BCUT2D eigenvalue weighted by atomic mass is 9.85. The topological polar surface area (TPSA) is 49.9 Å². The number of likely N-dealkylation sites (tertiary alicyclic amines) is 2. The number of hydrogen-bond acceptors (Lipinski definition) is 3. The van der Waals surface area contributed by atoms with Crippen LogP contribution in [-0.2, 0) is 20.9 Å². The average Bonchev–Trinajstić information content (AvgIpc) is 3.13. The molecule has 6 heteroatoms. The Labute approximate surface area is 141 Å². The van der Waals surface area contributed by atoms with Crippen LogP contribution in [0.15, 0.2) is 24.3 Å². The van der Waals surface area contributed by atoms with Gasteiger partial charge in [-0.05, 0) is 37.5 Å². The van der Waals surface area contributed by atoms with Crippen LogP contribution in [0.5, 0.6) is 0 Å². The van der Waals surface area contributed by atoms with Gasteiger partial charge in [-0.1, -0.05) is 12.1 Å². The molecule has 0 saturated carbocycles. The number of ether oxygens (including phenoxy) is 1. The molecule has 2 heterocycles. The molecule has 24 heavy (non-hydrogen) atoms. The molecule has 130 valence electrons. The maximum atomic E-state index is 13.3. The van der Waals surface area contributed by atoms with E-state index in [2.05, 4.69) is 0 Å². The fraction of sp³-hybridized carbons (Fsp3) is 0.556. The molecule has 1 spiro atoms. The maximum absolute atomic E-state index is 13.3. The van der Waals surface area contributed by atoms with Gasteiger partial charge in [0, 0.05) is 32.8 Å². The molecule has 2 fully saturated rings. The Morgan fingerprint density at radius 2 is 2.12 bits per heavy atom. The van der Waals surface area contributed by atoms with Crippen LogP contribution >= 0.6 is 0 Å². The Kier molecular flexibility index (Phi) is 4.85. The number of amides is 2. The van der Waals surface area contributed by atoms with Crippen LogP contribution in [0, 0.1) is 11.2 Å². The third-order valence-electron chi connectivity index (χ3n) is 5.00. The summed E-state index contributed by atoms with van der Waals surface area (Å²) in [5.74, 6) is -0.258. The third-order valence-corrected chi connectivity index (χ3v) is 5.00. The van der Waals surface area contributed by atoms with Crippen molar-refractivity contribution in [2.45, 2.75) is 26.3 Å². The molecule has 0 bridgehead atoms. The molecule has 0 aromatic heterocycles. The number of carbonyl (C=O) groups excluding carboxylic acids is 2. The number of nitrogens with zero attached hydrogens (tertiary/aromatic N) is 2. The number of rotatable bonds is 5. The zero-order valence-corrected chi connectivity index (χ0v) is 14.0. The maximum Gasteiger partial charge on any atom is 0.248 e. The van der Waals surface area contributed by atoms with Gasteiger partial charge in [0.2, 0.25) is 11.8 Å². The Morgan fingerprint density at radius 1 is 1.33 bits per heavy atom. The van der Waals surface area contributed by atoms with E-state index in [4.69, 9.17) is 4.74 Å². The first kappa shape index (κ1) is 16.9. The van der Waals surface area contributed by atoms with E-state index in [1.54, 1.807) is 15.9 Å². The van der Waals surface area contributed by atoms with E-state index in [0.29, 0.717) is 39.2 Å². The van der Waals surface area contributed by atoms with Crippen molar-refractivity contribution in [1.82, 2.24) is 9.80 Å². The van der Waals surface area contributed by atoms with Crippen LogP contribution in [0.4, 0.5) is 4.39 Å². The van der Waals surface area contributed by atoms with Gasteiger partial charge in [0.25, 0.3) is 0 Å². The molecule has 1 aromatic rings. The summed E-state index contributed by atoms with van der Waals surface area (Å²) in [6.07, 6.45) is 1.45. The largest absolute Gasteiger partial charge is 0.372 e. The Hall–Kier alpha value is -1.95. The molecule has 2 aliphatic rings. The highest BCUT2D eigenvalue weighted by molar-refractivity contribution is 5.87. The zero-order chi connectivity index (χ0) is 17.2. The van der Waals surface area contributed by atoms with Gasteiger partial charge in [-0.2, -0.15) is 0 Å². The number of hydrogen-bond donors (Lipinski definition) is 0. The number of benzene rings is 1. The zero-order valence-electron chi connectivity index (χ0n) is 14.0. The van der Waals surface area contributed by atoms with Crippen molar-refractivity contribution < 1.29 is 18.7 Å². The molecule has 0 radical (unpaired) electrons. The van der Waals surface area contributed by atoms with Gasteiger partial charge in [-0.25, -0.2) is 4.39 Å². The second-order valence-corrected chi connectivity index (χ2v) is 6.59. The second-order valence-electron chi connectivity index (χ2n) is 6.59. The lowest BCUT2D eigenvalue weighted by Crippen LogP contribution is -2.39. The van der Waals surface area contributed by atoms with Crippen LogP contribution < -0.4 is 0 Å². The van der Waals surface area contributed by atoms with Gasteiger partial charge in [0.1, 0.15) is 12.4 Å². The van der Waals surface area contributed by atoms with Crippen molar-refractivity contribution >= 4 is 11.8 Å². The Balaban J connectivity index is 1.63. The molecule has 0 N–H and O–H groups in total. The third kappa shape index (κ3) is 3.29. The van der Waals surface area contributed by atoms with Gasteiger partial charge in [0.05, 0.1) is 5.41 Å². The number of carbonyl (C=O) groups is 2. The van der Waals surface area contributed by atoms with Crippen molar-refractivity contribution in [2.24, 2.45) is 5.41 Å². The summed E-state index contributed by atoms with van der Waals surface area (Å²) in [4.78, 5) is 28.5. The highest BCUT2D eigenvalue weighted by Gasteiger charge is 2.51. The first-order chi connectivity index (χ1) is 11.5. The van der Waals surface area contributed by atoms with Crippen molar-refractivity contribution in [3.63, 3.8) is 0 Å². The standard InChI is InChI=1S/C18H23FN2O3/c1-2-24-12-16(22)21-9-7-18(13-21)6-8-20(17(18)23)11-14-4-3-5-15(19)10-14/h3-5,10H,2,6-9,11-13H2,1H3/t18-/m1/s1. The Bertz CT molecular complexity index is 636. The molecule has 2 saturated heterocycles. The van der Waals surface area contributed by atoms with Crippen LogP contribution in [0.3, 0.4) is 0 Å². The van der Waals surface area contributed by atoms with Gasteiger partial charge >= 0.3 is 0 Å². The number of halogens is 1. The monoisotopic (exact) mass is 334 g/mol. The van der Waals surface area contributed by atoms with Crippen molar-refractivity contribution in [3.05, 3.63) is 35.6 Å². The van der Waals surface area contributed by atoms with E-state index >= 15 is 0 Å². The summed E-state index contributed by atoms with van der Waals surface area (Å²) in [6.45, 7) is 4.58.